The van der Waals surface area contributed by atoms with Crippen molar-refractivity contribution in [2.24, 2.45) is 0 Å². The number of phenols is 2. The highest BCUT2D eigenvalue weighted by molar-refractivity contribution is 6.31. The minimum absolute atomic E-state index is 0.0468. The van der Waals surface area contributed by atoms with Crippen molar-refractivity contribution in [3.8, 4) is 11.5 Å². The van der Waals surface area contributed by atoms with Gasteiger partial charge >= 0.3 is 0 Å². The number of halogens is 1. The van der Waals surface area contributed by atoms with Gasteiger partial charge < -0.3 is 15.5 Å². The van der Waals surface area contributed by atoms with Crippen molar-refractivity contribution in [3.05, 3.63) is 52.5 Å². The molecule has 1 atom stereocenters. The van der Waals surface area contributed by atoms with E-state index >= 15 is 0 Å². The van der Waals surface area contributed by atoms with Gasteiger partial charge in [-0.25, -0.2) is 0 Å². The summed E-state index contributed by atoms with van der Waals surface area (Å²) >= 11 is 6.07. The van der Waals surface area contributed by atoms with Gasteiger partial charge in [-0.05, 0) is 49.2 Å². The molecule has 0 saturated carbocycles. The van der Waals surface area contributed by atoms with Crippen LogP contribution in [0.5, 0.6) is 11.5 Å². The Bertz CT molecular complexity index is 578. The minimum atomic E-state index is -0.0585. The van der Waals surface area contributed by atoms with E-state index in [1.54, 1.807) is 12.1 Å². The molecule has 3 N–H and O–H groups in total. The Morgan fingerprint density at radius 3 is 2.26 bits per heavy atom. The van der Waals surface area contributed by atoms with Crippen molar-refractivity contribution in [2.75, 3.05) is 5.32 Å². The van der Waals surface area contributed by atoms with Gasteiger partial charge in [-0.3, -0.25) is 0 Å². The van der Waals surface area contributed by atoms with Crippen LogP contribution in [0, 0.1) is 6.92 Å². The molecular formula is C15H16ClNO2. The van der Waals surface area contributed by atoms with Gasteiger partial charge in [0, 0.05) is 22.8 Å². The molecule has 100 valence electrons. The van der Waals surface area contributed by atoms with E-state index in [0.717, 1.165) is 16.8 Å². The number of aryl methyl sites for hydroxylation is 1. The van der Waals surface area contributed by atoms with Crippen molar-refractivity contribution in [3.63, 3.8) is 0 Å². The largest absolute Gasteiger partial charge is 0.508 e. The van der Waals surface area contributed by atoms with Gasteiger partial charge in [0.15, 0.2) is 0 Å². The lowest BCUT2D eigenvalue weighted by Crippen LogP contribution is -2.06. The van der Waals surface area contributed by atoms with E-state index in [1.807, 2.05) is 32.0 Å². The van der Waals surface area contributed by atoms with Gasteiger partial charge in [0.1, 0.15) is 11.5 Å². The van der Waals surface area contributed by atoms with E-state index in [0.29, 0.717) is 5.02 Å². The average molecular weight is 278 g/mol. The third-order valence-corrected chi connectivity index (χ3v) is 3.39. The molecule has 0 saturated heterocycles. The van der Waals surface area contributed by atoms with Crippen LogP contribution in [0.1, 0.15) is 24.1 Å². The molecule has 0 spiro atoms. The van der Waals surface area contributed by atoms with Crippen LogP contribution < -0.4 is 5.32 Å². The minimum Gasteiger partial charge on any atom is -0.508 e. The molecule has 2 rings (SSSR count). The fraction of sp³-hybridized carbons (Fsp3) is 0.200. The molecule has 0 aliphatic rings. The lowest BCUT2D eigenvalue weighted by molar-refractivity contribution is 0.448. The zero-order valence-corrected chi connectivity index (χ0v) is 11.6. The Kier molecular flexibility index (Phi) is 3.86. The van der Waals surface area contributed by atoms with Gasteiger partial charge in [0.2, 0.25) is 0 Å². The first kappa shape index (κ1) is 13.6. The number of anilines is 1. The van der Waals surface area contributed by atoms with Crippen LogP contribution in [-0.4, -0.2) is 10.2 Å². The lowest BCUT2D eigenvalue weighted by Gasteiger charge is -2.17. The maximum Gasteiger partial charge on any atom is 0.119 e. The maximum absolute atomic E-state index is 9.48. The second kappa shape index (κ2) is 5.41. The highest BCUT2D eigenvalue weighted by Crippen LogP contribution is 2.28. The Morgan fingerprint density at radius 2 is 1.68 bits per heavy atom. The quantitative estimate of drug-likeness (QED) is 0.787. The molecule has 0 heterocycles. The predicted octanol–water partition coefficient (Wildman–Crippen LogP) is 4.23. The summed E-state index contributed by atoms with van der Waals surface area (Å²) in [7, 11) is 0. The van der Waals surface area contributed by atoms with E-state index in [9.17, 15) is 10.2 Å². The third kappa shape index (κ3) is 3.32. The maximum atomic E-state index is 9.48. The van der Waals surface area contributed by atoms with Crippen LogP contribution in [0.25, 0.3) is 0 Å². The predicted molar refractivity (Wildman–Crippen MR) is 78.0 cm³/mol. The van der Waals surface area contributed by atoms with E-state index in [-0.39, 0.29) is 17.5 Å². The highest BCUT2D eigenvalue weighted by Gasteiger charge is 2.08. The van der Waals surface area contributed by atoms with Crippen molar-refractivity contribution in [2.45, 2.75) is 19.9 Å². The number of hydrogen-bond donors (Lipinski definition) is 3. The molecule has 0 amide bonds. The van der Waals surface area contributed by atoms with Crippen LogP contribution in [0.4, 0.5) is 5.69 Å². The summed E-state index contributed by atoms with van der Waals surface area (Å²) < 4.78 is 0. The third-order valence-electron chi connectivity index (χ3n) is 2.98. The summed E-state index contributed by atoms with van der Waals surface area (Å²) in [6.45, 7) is 3.89. The molecule has 0 aliphatic heterocycles. The molecule has 0 fully saturated rings. The molecule has 4 heteroatoms. The number of benzene rings is 2. The topological polar surface area (TPSA) is 52.5 Å². The first-order chi connectivity index (χ1) is 8.95. The number of aromatic hydroxyl groups is 2. The molecule has 0 aromatic heterocycles. The van der Waals surface area contributed by atoms with Crippen molar-refractivity contribution in [1.29, 1.82) is 0 Å². The Morgan fingerprint density at radius 1 is 1.05 bits per heavy atom. The van der Waals surface area contributed by atoms with Gasteiger partial charge in [0.05, 0.1) is 0 Å². The molecule has 2 aromatic rings. The Hall–Kier alpha value is -1.87. The summed E-state index contributed by atoms with van der Waals surface area (Å²) in [5, 5.41) is 22.9. The SMILES string of the molecule is Cc1ccc(NC(C)c2cc(O)cc(O)c2)cc1Cl. The average Bonchev–Trinajstić information content (AvgIpc) is 2.32. The number of nitrogens with one attached hydrogen (secondary N) is 1. The first-order valence-corrected chi connectivity index (χ1v) is 6.39. The summed E-state index contributed by atoms with van der Waals surface area (Å²) in [5.41, 5.74) is 2.72. The molecule has 2 aromatic carbocycles. The smallest absolute Gasteiger partial charge is 0.119 e. The summed E-state index contributed by atoms with van der Waals surface area (Å²) in [5.74, 6) is 0.0937. The summed E-state index contributed by atoms with van der Waals surface area (Å²) in [6.07, 6.45) is 0. The number of phenolic OH excluding ortho intramolecular Hbond substituents is 2. The first-order valence-electron chi connectivity index (χ1n) is 6.01. The lowest BCUT2D eigenvalue weighted by atomic mass is 10.1. The Labute approximate surface area is 117 Å². The molecule has 1 unspecified atom stereocenters. The van der Waals surface area contributed by atoms with Gasteiger partial charge in [-0.1, -0.05) is 17.7 Å². The van der Waals surface area contributed by atoms with Crippen LogP contribution >= 0.6 is 11.6 Å². The van der Waals surface area contributed by atoms with Crippen LogP contribution in [0.2, 0.25) is 5.02 Å². The zero-order valence-electron chi connectivity index (χ0n) is 10.8. The second-order valence-corrected chi connectivity index (χ2v) is 5.02. The number of rotatable bonds is 3. The number of hydrogen-bond acceptors (Lipinski definition) is 3. The molecule has 3 nitrogen and oxygen atoms in total. The zero-order chi connectivity index (χ0) is 14.0. The molecular weight excluding hydrogens is 262 g/mol. The molecule has 19 heavy (non-hydrogen) atoms. The van der Waals surface area contributed by atoms with Gasteiger partial charge in [-0.15, -0.1) is 0 Å². The van der Waals surface area contributed by atoms with Crippen LogP contribution in [-0.2, 0) is 0 Å². The summed E-state index contributed by atoms with van der Waals surface area (Å²) in [4.78, 5) is 0. The van der Waals surface area contributed by atoms with Crippen molar-refractivity contribution >= 4 is 17.3 Å². The van der Waals surface area contributed by atoms with Crippen LogP contribution in [0.15, 0.2) is 36.4 Å². The molecule has 0 aliphatic carbocycles. The normalized spacial score (nSPS) is 12.2. The molecule has 0 radical (unpaired) electrons. The summed E-state index contributed by atoms with van der Waals surface area (Å²) in [6, 6.07) is 10.2. The van der Waals surface area contributed by atoms with E-state index in [2.05, 4.69) is 5.32 Å². The fourth-order valence-electron chi connectivity index (χ4n) is 1.88. The van der Waals surface area contributed by atoms with E-state index in [4.69, 9.17) is 11.6 Å². The van der Waals surface area contributed by atoms with Gasteiger partial charge in [0.25, 0.3) is 0 Å². The second-order valence-electron chi connectivity index (χ2n) is 4.61. The van der Waals surface area contributed by atoms with E-state index in [1.165, 1.54) is 6.07 Å². The molecule has 0 bridgehead atoms. The monoisotopic (exact) mass is 277 g/mol. The van der Waals surface area contributed by atoms with Crippen LogP contribution in [0.3, 0.4) is 0 Å². The van der Waals surface area contributed by atoms with Crippen molar-refractivity contribution in [1.82, 2.24) is 0 Å². The van der Waals surface area contributed by atoms with E-state index < -0.39 is 0 Å². The highest BCUT2D eigenvalue weighted by atomic mass is 35.5. The fourth-order valence-corrected chi connectivity index (χ4v) is 2.06. The Balaban J connectivity index is 2.20. The van der Waals surface area contributed by atoms with Gasteiger partial charge in [-0.2, -0.15) is 0 Å². The van der Waals surface area contributed by atoms with Crippen molar-refractivity contribution < 1.29 is 10.2 Å². The standard InChI is InChI=1S/C15H16ClNO2/c1-9-3-4-12(7-15(9)16)17-10(2)11-5-13(18)8-14(19)6-11/h3-8,10,17-19H,1-2H3.